The molecule has 0 bridgehead atoms. The third-order valence-electron chi connectivity index (χ3n) is 4.40. The molecule has 0 aliphatic carbocycles. The monoisotopic (exact) mass is 430 g/mol. The van der Waals surface area contributed by atoms with Gasteiger partial charge in [-0.15, -0.1) is 11.3 Å². The predicted molar refractivity (Wildman–Crippen MR) is 97.5 cm³/mol. The van der Waals surface area contributed by atoms with Gasteiger partial charge in [-0.05, 0) is 23.6 Å². The van der Waals surface area contributed by atoms with Crippen molar-refractivity contribution in [3.8, 4) is 0 Å². The molecule has 1 aliphatic heterocycles. The molecule has 0 unspecified atom stereocenters. The molecule has 0 radical (unpaired) electrons. The van der Waals surface area contributed by atoms with Crippen LogP contribution in [0, 0.1) is 0 Å². The lowest BCUT2D eigenvalue weighted by Gasteiger charge is -2.32. The van der Waals surface area contributed by atoms with Crippen molar-refractivity contribution < 1.29 is 22.4 Å². The molecule has 3 aromatic rings. The van der Waals surface area contributed by atoms with Crippen LogP contribution in [-0.4, -0.2) is 21.9 Å². The van der Waals surface area contributed by atoms with Gasteiger partial charge < -0.3 is 15.1 Å². The Balaban J connectivity index is 1.65. The predicted octanol–water partition coefficient (Wildman–Crippen LogP) is 4.78. The Bertz CT molecular complexity index is 970. The van der Waals surface area contributed by atoms with E-state index in [0.29, 0.717) is 5.76 Å². The fraction of sp³-hybridized carbons (Fsp3) is 0.294. The summed E-state index contributed by atoms with van der Waals surface area (Å²) >= 11 is 7.60. The standard InChI is InChI=1S/C17H14ClF3N4O2S/c18-13-14(16(26)22-8-9-3-1-5-27-9)24-25-12(17(19,20)21)7-10(23-15(13)25)11-4-2-6-28-11/h1-6,10,12,23H,7-8H2,(H,22,26)/t10-,12-/m0/s1. The van der Waals surface area contributed by atoms with Gasteiger partial charge in [-0.1, -0.05) is 17.7 Å². The Morgan fingerprint density at radius 1 is 1.43 bits per heavy atom. The molecule has 1 amide bonds. The Hall–Kier alpha value is -2.46. The molecule has 3 aromatic heterocycles. The van der Waals surface area contributed by atoms with E-state index in [0.717, 1.165) is 9.56 Å². The van der Waals surface area contributed by atoms with E-state index in [1.165, 1.54) is 17.6 Å². The molecule has 6 nitrogen and oxygen atoms in total. The van der Waals surface area contributed by atoms with E-state index in [-0.39, 0.29) is 29.5 Å². The SMILES string of the molecule is O=C(NCc1ccco1)c1nn2c(c1Cl)N[C@H](c1cccs1)C[C@H]2C(F)(F)F. The van der Waals surface area contributed by atoms with Crippen molar-refractivity contribution in [2.24, 2.45) is 0 Å². The Labute approximate surface area is 166 Å². The zero-order valence-corrected chi connectivity index (χ0v) is 15.7. The van der Waals surface area contributed by atoms with Crippen molar-refractivity contribution in [3.63, 3.8) is 0 Å². The molecular weight excluding hydrogens is 417 g/mol. The molecule has 148 valence electrons. The van der Waals surface area contributed by atoms with Crippen molar-refractivity contribution in [2.45, 2.75) is 31.2 Å². The van der Waals surface area contributed by atoms with Gasteiger partial charge in [-0.2, -0.15) is 18.3 Å². The lowest BCUT2D eigenvalue weighted by Crippen LogP contribution is -2.35. The highest BCUT2D eigenvalue weighted by Crippen LogP contribution is 2.46. The van der Waals surface area contributed by atoms with E-state index in [4.69, 9.17) is 16.0 Å². The number of rotatable bonds is 4. The zero-order valence-electron chi connectivity index (χ0n) is 14.2. The summed E-state index contributed by atoms with van der Waals surface area (Å²) in [6, 6.07) is 4.38. The topological polar surface area (TPSA) is 72.1 Å². The normalized spacial score (nSPS) is 19.1. The van der Waals surface area contributed by atoms with Crippen LogP contribution in [0.25, 0.3) is 0 Å². The number of carbonyl (C=O) groups is 1. The van der Waals surface area contributed by atoms with E-state index in [1.54, 1.807) is 29.6 Å². The highest BCUT2D eigenvalue weighted by atomic mass is 35.5. The molecule has 0 aromatic carbocycles. The highest BCUT2D eigenvalue weighted by Gasteiger charge is 2.48. The summed E-state index contributed by atoms with van der Waals surface area (Å²) in [6.45, 7) is 0.0678. The van der Waals surface area contributed by atoms with Crippen LogP contribution in [0.3, 0.4) is 0 Å². The van der Waals surface area contributed by atoms with Crippen LogP contribution in [0.1, 0.15) is 39.6 Å². The molecule has 0 fully saturated rings. The van der Waals surface area contributed by atoms with Crippen LogP contribution in [0.5, 0.6) is 0 Å². The maximum absolute atomic E-state index is 13.7. The number of hydrogen-bond donors (Lipinski definition) is 2. The quantitative estimate of drug-likeness (QED) is 0.624. The Morgan fingerprint density at radius 3 is 2.89 bits per heavy atom. The smallest absolute Gasteiger partial charge is 0.410 e. The van der Waals surface area contributed by atoms with Crippen LogP contribution >= 0.6 is 22.9 Å². The number of hydrogen-bond acceptors (Lipinski definition) is 5. The van der Waals surface area contributed by atoms with Crippen LogP contribution in [-0.2, 0) is 6.54 Å². The van der Waals surface area contributed by atoms with Gasteiger partial charge in [-0.3, -0.25) is 4.79 Å². The van der Waals surface area contributed by atoms with E-state index in [2.05, 4.69) is 15.7 Å². The number of nitrogens with zero attached hydrogens (tertiary/aromatic N) is 2. The molecule has 4 rings (SSSR count). The number of aromatic nitrogens is 2. The first kappa shape index (κ1) is 18.9. The average Bonchev–Trinajstić information content (AvgIpc) is 3.40. The van der Waals surface area contributed by atoms with Gasteiger partial charge in [0.1, 0.15) is 16.6 Å². The molecule has 0 saturated carbocycles. The second-order valence-electron chi connectivity index (χ2n) is 6.22. The maximum Gasteiger partial charge on any atom is 0.410 e. The van der Waals surface area contributed by atoms with Crippen molar-refractivity contribution in [3.05, 3.63) is 57.3 Å². The number of furan rings is 1. The summed E-state index contributed by atoms with van der Waals surface area (Å²) in [6.07, 6.45) is -3.33. The molecule has 28 heavy (non-hydrogen) atoms. The summed E-state index contributed by atoms with van der Waals surface area (Å²) in [5, 5.41) is 11.1. The van der Waals surface area contributed by atoms with Crippen molar-refractivity contribution >= 4 is 34.7 Å². The van der Waals surface area contributed by atoms with E-state index >= 15 is 0 Å². The number of thiophene rings is 1. The molecule has 0 spiro atoms. The second kappa shape index (κ2) is 7.17. The fourth-order valence-corrected chi connectivity index (χ4v) is 4.13. The van der Waals surface area contributed by atoms with Gasteiger partial charge in [0, 0.05) is 11.3 Å². The summed E-state index contributed by atoms with van der Waals surface area (Å²) in [7, 11) is 0. The number of carbonyl (C=O) groups excluding carboxylic acids is 1. The van der Waals surface area contributed by atoms with Gasteiger partial charge in [0.05, 0.1) is 18.8 Å². The van der Waals surface area contributed by atoms with E-state index < -0.39 is 24.2 Å². The van der Waals surface area contributed by atoms with E-state index in [9.17, 15) is 18.0 Å². The van der Waals surface area contributed by atoms with Crippen molar-refractivity contribution in [2.75, 3.05) is 5.32 Å². The summed E-state index contributed by atoms with van der Waals surface area (Å²) < 4.78 is 46.9. The van der Waals surface area contributed by atoms with Crippen LogP contribution in [0.2, 0.25) is 5.02 Å². The van der Waals surface area contributed by atoms with Crippen LogP contribution in [0.15, 0.2) is 40.3 Å². The first-order valence-electron chi connectivity index (χ1n) is 8.30. The van der Waals surface area contributed by atoms with Crippen molar-refractivity contribution in [1.29, 1.82) is 0 Å². The van der Waals surface area contributed by atoms with Crippen LogP contribution in [0.4, 0.5) is 19.0 Å². The minimum absolute atomic E-state index is 0.0169. The minimum Gasteiger partial charge on any atom is -0.467 e. The summed E-state index contributed by atoms with van der Waals surface area (Å²) in [5.74, 6) is -0.201. The summed E-state index contributed by atoms with van der Waals surface area (Å²) in [4.78, 5) is 13.2. The fourth-order valence-electron chi connectivity index (χ4n) is 3.07. The third-order valence-corrected chi connectivity index (χ3v) is 5.74. The summed E-state index contributed by atoms with van der Waals surface area (Å²) in [5.41, 5.74) is -0.267. The van der Waals surface area contributed by atoms with Gasteiger partial charge in [0.2, 0.25) is 0 Å². The molecule has 0 saturated heterocycles. The second-order valence-corrected chi connectivity index (χ2v) is 7.58. The van der Waals surface area contributed by atoms with Gasteiger partial charge in [0.25, 0.3) is 5.91 Å². The molecular formula is C17H14ClF3N4O2S. The molecule has 4 heterocycles. The first-order valence-corrected chi connectivity index (χ1v) is 9.55. The van der Waals surface area contributed by atoms with E-state index in [1.807, 2.05) is 0 Å². The Kier molecular flexibility index (Phi) is 4.84. The van der Waals surface area contributed by atoms with Gasteiger partial charge in [-0.25, -0.2) is 4.68 Å². The Morgan fingerprint density at radius 2 is 2.25 bits per heavy atom. The maximum atomic E-state index is 13.7. The average molecular weight is 431 g/mol. The lowest BCUT2D eigenvalue weighted by molar-refractivity contribution is -0.173. The largest absolute Gasteiger partial charge is 0.467 e. The van der Waals surface area contributed by atoms with Gasteiger partial charge in [0.15, 0.2) is 11.7 Å². The first-order chi connectivity index (χ1) is 13.3. The number of alkyl halides is 3. The number of amides is 1. The van der Waals surface area contributed by atoms with Crippen LogP contribution < -0.4 is 10.6 Å². The highest BCUT2D eigenvalue weighted by molar-refractivity contribution is 7.10. The number of nitrogens with one attached hydrogen (secondary N) is 2. The number of fused-ring (bicyclic) bond motifs is 1. The van der Waals surface area contributed by atoms with Crippen molar-refractivity contribution in [1.82, 2.24) is 15.1 Å². The molecule has 2 atom stereocenters. The molecule has 11 heteroatoms. The lowest BCUT2D eigenvalue weighted by atomic mass is 10.0. The minimum atomic E-state index is -4.54. The number of halogens is 4. The zero-order chi connectivity index (χ0) is 19.9. The number of anilines is 1. The molecule has 2 N–H and O–H groups in total. The van der Waals surface area contributed by atoms with Gasteiger partial charge >= 0.3 is 6.18 Å². The third kappa shape index (κ3) is 3.49. The molecule has 1 aliphatic rings.